The number of carbonyl (C=O) groups excluding carboxylic acids is 2. The lowest BCUT2D eigenvalue weighted by Crippen LogP contribution is -2.31. The summed E-state index contributed by atoms with van der Waals surface area (Å²) in [6, 6.07) is 6.14. The van der Waals surface area contributed by atoms with Crippen LogP contribution in [-0.2, 0) is 17.8 Å². The first-order valence-corrected chi connectivity index (χ1v) is 9.91. The van der Waals surface area contributed by atoms with Crippen LogP contribution in [0, 0.1) is 20.8 Å². The number of carbonyl (C=O) groups is 2. The molecule has 1 aromatic carbocycles. The highest BCUT2D eigenvalue weighted by Crippen LogP contribution is 2.33. The number of benzene rings is 1. The van der Waals surface area contributed by atoms with Crippen molar-refractivity contribution in [2.24, 2.45) is 0 Å². The molecule has 3 aromatic rings. The Bertz CT molecular complexity index is 1130. The standard InChI is InChI=1S/C23H24N4O3/c1-13-18(11-25-23(29)22-14(2)26-30-15(22)3)10-24-12-19(13)16-5-7-20-17(9-16)6-8-21(28)27(20)4/h5,7,9-10,12H,6,8,11H2,1-4H3,(H,25,29). The molecule has 0 spiro atoms. The Balaban J connectivity index is 1.58. The SMILES string of the molecule is Cc1noc(C)c1C(=O)NCc1cncc(-c2ccc3c(c2)CCC(=O)N3C)c1C. The normalized spacial score (nSPS) is 13.3. The van der Waals surface area contributed by atoms with Crippen LogP contribution in [0.2, 0.25) is 0 Å². The van der Waals surface area contributed by atoms with Gasteiger partial charge in [0.1, 0.15) is 11.3 Å². The van der Waals surface area contributed by atoms with Gasteiger partial charge in [-0.05, 0) is 61.6 Å². The fraction of sp³-hybridized carbons (Fsp3) is 0.304. The van der Waals surface area contributed by atoms with E-state index in [0.29, 0.717) is 30.0 Å². The number of aryl methyl sites for hydroxylation is 3. The molecule has 3 heterocycles. The van der Waals surface area contributed by atoms with Gasteiger partial charge in [-0.15, -0.1) is 0 Å². The van der Waals surface area contributed by atoms with Gasteiger partial charge in [0.15, 0.2) is 0 Å². The predicted molar refractivity (Wildman–Crippen MR) is 113 cm³/mol. The van der Waals surface area contributed by atoms with E-state index in [9.17, 15) is 9.59 Å². The molecule has 2 amide bonds. The average Bonchev–Trinajstić information content (AvgIpc) is 3.08. The van der Waals surface area contributed by atoms with Crippen LogP contribution in [0.4, 0.5) is 5.69 Å². The summed E-state index contributed by atoms with van der Waals surface area (Å²) in [7, 11) is 1.81. The summed E-state index contributed by atoms with van der Waals surface area (Å²) < 4.78 is 5.08. The van der Waals surface area contributed by atoms with E-state index in [1.54, 1.807) is 24.9 Å². The molecule has 0 radical (unpaired) electrons. The summed E-state index contributed by atoms with van der Waals surface area (Å²) in [6.07, 6.45) is 4.88. The van der Waals surface area contributed by atoms with E-state index in [1.165, 1.54) is 0 Å². The molecule has 1 N–H and O–H groups in total. The topological polar surface area (TPSA) is 88.3 Å². The van der Waals surface area contributed by atoms with Crippen molar-refractivity contribution in [3.8, 4) is 11.1 Å². The first kappa shape index (κ1) is 19.8. The van der Waals surface area contributed by atoms with Crippen LogP contribution in [-0.4, -0.2) is 29.0 Å². The van der Waals surface area contributed by atoms with Gasteiger partial charge in [-0.1, -0.05) is 11.2 Å². The Morgan fingerprint density at radius 1 is 1.20 bits per heavy atom. The van der Waals surface area contributed by atoms with Crippen molar-refractivity contribution in [1.29, 1.82) is 0 Å². The minimum atomic E-state index is -0.211. The molecule has 1 aliphatic rings. The largest absolute Gasteiger partial charge is 0.361 e. The monoisotopic (exact) mass is 404 g/mol. The molecule has 0 bridgehead atoms. The number of amides is 2. The second kappa shape index (κ2) is 7.74. The molecule has 0 saturated carbocycles. The number of hydrogen-bond acceptors (Lipinski definition) is 5. The first-order chi connectivity index (χ1) is 14.4. The van der Waals surface area contributed by atoms with Gasteiger partial charge in [0.25, 0.3) is 5.91 Å². The predicted octanol–water partition coefficient (Wildman–Crippen LogP) is 3.50. The van der Waals surface area contributed by atoms with Crippen molar-refractivity contribution in [2.45, 2.75) is 40.2 Å². The molecule has 7 heteroatoms. The fourth-order valence-electron chi connectivity index (χ4n) is 3.93. The van der Waals surface area contributed by atoms with Gasteiger partial charge in [-0.25, -0.2) is 0 Å². The third-order valence-corrected chi connectivity index (χ3v) is 5.75. The molecular formula is C23H24N4O3. The molecule has 0 atom stereocenters. The minimum Gasteiger partial charge on any atom is -0.361 e. The first-order valence-electron chi connectivity index (χ1n) is 9.91. The van der Waals surface area contributed by atoms with Crippen molar-refractivity contribution in [3.63, 3.8) is 0 Å². The quantitative estimate of drug-likeness (QED) is 0.719. The molecule has 1 aliphatic heterocycles. The zero-order valence-electron chi connectivity index (χ0n) is 17.6. The summed E-state index contributed by atoms with van der Waals surface area (Å²) in [5, 5.41) is 6.78. The second-order valence-electron chi connectivity index (χ2n) is 7.65. The maximum Gasteiger partial charge on any atom is 0.257 e. The second-order valence-corrected chi connectivity index (χ2v) is 7.65. The van der Waals surface area contributed by atoms with E-state index < -0.39 is 0 Å². The van der Waals surface area contributed by atoms with Gasteiger partial charge < -0.3 is 14.7 Å². The van der Waals surface area contributed by atoms with Gasteiger partial charge in [-0.2, -0.15) is 0 Å². The van der Waals surface area contributed by atoms with Crippen LogP contribution in [0.25, 0.3) is 11.1 Å². The Morgan fingerprint density at radius 2 is 2.00 bits per heavy atom. The summed E-state index contributed by atoms with van der Waals surface area (Å²) in [5.74, 6) is 0.438. The molecule has 2 aromatic heterocycles. The molecule has 0 saturated heterocycles. The molecule has 4 rings (SSSR count). The lowest BCUT2D eigenvalue weighted by molar-refractivity contribution is -0.118. The fourth-order valence-corrected chi connectivity index (χ4v) is 3.93. The van der Waals surface area contributed by atoms with E-state index in [0.717, 1.165) is 39.9 Å². The molecule has 154 valence electrons. The maximum absolute atomic E-state index is 12.5. The van der Waals surface area contributed by atoms with E-state index in [-0.39, 0.29) is 11.8 Å². The van der Waals surface area contributed by atoms with Crippen LogP contribution in [0.15, 0.2) is 35.1 Å². The van der Waals surface area contributed by atoms with Crippen LogP contribution in [0.1, 0.15) is 44.9 Å². The Hall–Kier alpha value is -3.48. The van der Waals surface area contributed by atoms with Crippen LogP contribution in [0.5, 0.6) is 0 Å². The van der Waals surface area contributed by atoms with Crippen molar-refractivity contribution in [2.75, 3.05) is 11.9 Å². The molecule has 0 unspecified atom stereocenters. The van der Waals surface area contributed by atoms with Gasteiger partial charge >= 0.3 is 0 Å². The van der Waals surface area contributed by atoms with E-state index in [1.807, 2.05) is 32.3 Å². The lowest BCUT2D eigenvalue weighted by atomic mass is 9.94. The third kappa shape index (κ3) is 3.47. The van der Waals surface area contributed by atoms with Gasteiger partial charge in [0.05, 0.1) is 5.69 Å². The number of aromatic nitrogens is 2. The average molecular weight is 404 g/mol. The number of nitrogens with zero attached hydrogens (tertiary/aromatic N) is 3. The number of hydrogen-bond donors (Lipinski definition) is 1. The zero-order valence-corrected chi connectivity index (χ0v) is 17.6. The number of fused-ring (bicyclic) bond motifs is 1. The van der Waals surface area contributed by atoms with E-state index in [2.05, 4.69) is 21.5 Å². The van der Waals surface area contributed by atoms with Crippen LogP contribution < -0.4 is 10.2 Å². The number of anilines is 1. The van der Waals surface area contributed by atoms with E-state index >= 15 is 0 Å². The zero-order chi connectivity index (χ0) is 21.4. The van der Waals surface area contributed by atoms with Gasteiger partial charge in [0.2, 0.25) is 5.91 Å². The summed E-state index contributed by atoms with van der Waals surface area (Å²) in [5.41, 5.74) is 7.24. The highest BCUT2D eigenvalue weighted by Gasteiger charge is 2.22. The highest BCUT2D eigenvalue weighted by molar-refractivity contribution is 5.97. The molecular weight excluding hydrogens is 380 g/mol. The van der Waals surface area contributed by atoms with E-state index in [4.69, 9.17) is 4.52 Å². The number of pyridine rings is 1. The Labute approximate surface area is 175 Å². The third-order valence-electron chi connectivity index (χ3n) is 5.75. The molecule has 0 fully saturated rings. The van der Waals surface area contributed by atoms with Crippen LogP contribution >= 0.6 is 0 Å². The van der Waals surface area contributed by atoms with Crippen molar-refractivity contribution in [3.05, 3.63) is 64.3 Å². The number of nitrogens with one attached hydrogen (secondary N) is 1. The Morgan fingerprint density at radius 3 is 2.73 bits per heavy atom. The lowest BCUT2D eigenvalue weighted by Gasteiger charge is -2.26. The smallest absolute Gasteiger partial charge is 0.257 e. The van der Waals surface area contributed by atoms with Crippen molar-refractivity contribution >= 4 is 17.5 Å². The van der Waals surface area contributed by atoms with Gasteiger partial charge in [0, 0.05) is 43.7 Å². The number of rotatable bonds is 4. The van der Waals surface area contributed by atoms with Crippen molar-refractivity contribution in [1.82, 2.24) is 15.5 Å². The maximum atomic E-state index is 12.5. The van der Waals surface area contributed by atoms with Crippen LogP contribution in [0.3, 0.4) is 0 Å². The highest BCUT2D eigenvalue weighted by atomic mass is 16.5. The van der Waals surface area contributed by atoms with Gasteiger partial charge in [-0.3, -0.25) is 14.6 Å². The molecule has 30 heavy (non-hydrogen) atoms. The molecule has 7 nitrogen and oxygen atoms in total. The Kier molecular flexibility index (Phi) is 5.11. The summed E-state index contributed by atoms with van der Waals surface area (Å²) in [6.45, 7) is 5.87. The summed E-state index contributed by atoms with van der Waals surface area (Å²) >= 11 is 0. The van der Waals surface area contributed by atoms with Crippen molar-refractivity contribution < 1.29 is 14.1 Å². The minimum absolute atomic E-state index is 0.143. The summed E-state index contributed by atoms with van der Waals surface area (Å²) in [4.78, 5) is 30.6. The molecule has 0 aliphatic carbocycles.